The molecule has 4 nitrogen and oxygen atoms in total. The minimum Gasteiger partial charge on any atom is -0.311 e. The Morgan fingerprint density at radius 3 is 2.95 bits per heavy atom. The molecule has 2 aromatic rings. The molecule has 0 aromatic carbocycles. The zero-order chi connectivity index (χ0) is 15.7. The number of aromatic nitrogens is 2. The Morgan fingerprint density at radius 1 is 1.45 bits per heavy atom. The third-order valence-electron chi connectivity index (χ3n) is 4.14. The summed E-state index contributed by atoms with van der Waals surface area (Å²) in [4.78, 5) is 16.8. The summed E-state index contributed by atoms with van der Waals surface area (Å²) in [5.74, 6) is 0. The second kappa shape index (κ2) is 6.34. The molecule has 3 rings (SSSR count). The number of hydrogen-bond donors (Lipinski definition) is 1. The van der Waals surface area contributed by atoms with Crippen molar-refractivity contribution in [3.05, 3.63) is 49.8 Å². The topological polar surface area (TPSA) is 46.9 Å². The van der Waals surface area contributed by atoms with Crippen LogP contribution in [0.4, 0.5) is 0 Å². The van der Waals surface area contributed by atoms with Crippen molar-refractivity contribution in [2.75, 3.05) is 0 Å². The maximum Gasteiger partial charge on any atom is 0.251 e. The van der Waals surface area contributed by atoms with E-state index in [2.05, 4.69) is 24.1 Å². The second-order valence-corrected chi connectivity index (χ2v) is 7.41. The van der Waals surface area contributed by atoms with E-state index in [1.165, 1.54) is 11.3 Å². The predicted octanol–water partition coefficient (Wildman–Crippen LogP) is 2.52. The lowest BCUT2D eigenvalue weighted by Crippen LogP contribution is -2.40. The predicted molar refractivity (Wildman–Crippen MR) is 90.7 cm³/mol. The van der Waals surface area contributed by atoms with E-state index in [1.54, 1.807) is 17.4 Å². The minimum absolute atomic E-state index is 0.0830. The molecule has 1 atom stereocenters. The van der Waals surface area contributed by atoms with Gasteiger partial charge in [0.05, 0.1) is 17.2 Å². The number of nitrogens with zero attached hydrogens (tertiary/aromatic N) is 2. The summed E-state index contributed by atoms with van der Waals surface area (Å²) in [6.45, 7) is 6.95. The van der Waals surface area contributed by atoms with Crippen LogP contribution >= 0.6 is 11.3 Å². The van der Waals surface area contributed by atoms with Crippen LogP contribution in [0, 0.1) is 6.92 Å². The maximum atomic E-state index is 12.3. The van der Waals surface area contributed by atoms with Crippen LogP contribution in [-0.2, 0) is 19.4 Å². The number of hydrogen-bond acceptors (Lipinski definition) is 4. The molecule has 0 aliphatic heterocycles. The number of thiazole rings is 1. The van der Waals surface area contributed by atoms with Gasteiger partial charge in [0.15, 0.2) is 0 Å². The molecule has 2 aromatic heterocycles. The number of aryl methyl sites for hydroxylation is 1. The smallest absolute Gasteiger partial charge is 0.251 e. The molecule has 5 heteroatoms. The molecule has 0 unspecified atom stereocenters. The fraction of sp³-hybridized carbons (Fsp3) is 0.529. The summed E-state index contributed by atoms with van der Waals surface area (Å²) in [6.07, 6.45) is 3.05. The van der Waals surface area contributed by atoms with Gasteiger partial charge in [-0.05, 0) is 31.7 Å². The van der Waals surface area contributed by atoms with E-state index in [1.807, 2.05) is 22.9 Å². The maximum absolute atomic E-state index is 12.3. The van der Waals surface area contributed by atoms with Crippen molar-refractivity contribution >= 4 is 11.3 Å². The van der Waals surface area contributed by atoms with Crippen molar-refractivity contribution < 1.29 is 0 Å². The van der Waals surface area contributed by atoms with Gasteiger partial charge in [-0.15, -0.1) is 11.3 Å². The van der Waals surface area contributed by atoms with E-state index in [4.69, 9.17) is 0 Å². The van der Waals surface area contributed by atoms with Gasteiger partial charge in [-0.1, -0.05) is 19.9 Å². The van der Waals surface area contributed by atoms with Gasteiger partial charge < -0.3 is 9.88 Å². The zero-order valence-corrected chi connectivity index (χ0v) is 14.2. The lowest BCUT2D eigenvalue weighted by molar-refractivity contribution is 0.411. The zero-order valence-electron chi connectivity index (χ0n) is 13.4. The molecule has 1 N–H and O–H groups in total. The lowest BCUT2D eigenvalue weighted by Gasteiger charge is -2.29. The summed E-state index contributed by atoms with van der Waals surface area (Å²) in [7, 11) is 0. The molecule has 0 saturated heterocycles. The van der Waals surface area contributed by atoms with Crippen LogP contribution in [0.5, 0.6) is 0 Å². The highest BCUT2D eigenvalue weighted by molar-refractivity contribution is 7.09. The highest BCUT2D eigenvalue weighted by Crippen LogP contribution is 2.21. The largest absolute Gasteiger partial charge is 0.311 e. The first-order valence-electron chi connectivity index (χ1n) is 7.91. The average molecular weight is 317 g/mol. The van der Waals surface area contributed by atoms with Crippen LogP contribution in [0.15, 0.2) is 22.3 Å². The molecular weight excluding hydrogens is 294 g/mol. The molecule has 1 aliphatic rings. The van der Waals surface area contributed by atoms with Gasteiger partial charge in [0.1, 0.15) is 0 Å². The van der Waals surface area contributed by atoms with E-state index >= 15 is 0 Å². The molecule has 1 aliphatic carbocycles. The number of nitrogens with one attached hydrogen (secondary N) is 1. The van der Waals surface area contributed by atoms with E-state index in [-0.39, 0.29) is 5.56 Å². The number of rotatable bonds is 4. The van der Waals surface area contributed by atoms with Gasteiger partial charge in [-0.2, -0.15) is 0 Å². The molecule has 0 saturated carbocycles. The monoisotopic (exact) mass is 317 g/mol. The molecule has 0 bridgehead atoms. The molecule has 0 radical (unpaired) electrons. The fourth-order valence-corrected chi connectivity index (χ4v) is 3.86. The summed E-state index contributed by atoms with van der Waals surface area (Å²) < 4.78 is 1.91. The summed E-state index contributed by atoms with van der Waals surface area (Å²) in [6, 6.07) is 4.72. The first-order valence-corrected chi connectivity index (χ1v) is 8.79. The van der Waals surface area contributed by atoms with E-state index in [0.29, 0.717) is 18.6 Å². The van der Waals surface area contributed by atoms with E-state index in [0.717, 1.165) is 30.0 Å². The molecule has 22 heavy (non-hydrogen) atoms. The SMILES string of the molecule is Cc1nc(Cn2c3c(ccc2=O)C[C@H](NC(C)C)CC3)cs1. The van der Waals surface area contributed by atoms with Crippen molar-refractivity contribution in [2.45, 2.75) is 58.7 Å². The Bertz CT molecular complexity index is 717. The highest BCUT2D eigenvalue weighted by Gasteiger charge is 2.22. The fourth-order valence-electron chi connectivity index (χ4n) is 3.25. The standard InChI is InChI=1S/C17H23N3OS/c1-11(2)18-14-5-6-16-13(8-14)4-7-17(21)20(16)9-15-10-22-12(3)19-15/h4,7,10-11,14,18H,5-6,8-9H2,1-3H3/t14-/m1/s1. The van der Waals surface area contributed by atoms with Gasteiger partial charge in [-0.25, -0.2) is 4.98 Å². The Labute approximate surface area is 135 Å². The summed E-state index contributed by atoms with van der Waals surface area (Å²) in [5.41, 5.74) is 3.57. The normalized spacial score (nSPS) is 17.7. The molecule has 118 valence electrons. The quantitative estimate of drug-likeness (QED) is 0.942. The summed E-state index contributed by atoms with van der Waals surface area (Å²) >= 11 is 1.64. The molecular formula is C17H23N3OS. The summed E-state index contributed by atoms with van der Waals surface area (Å²) in [5, 5.41) is 6.71. The number of pyridine rings is 1. The van der Waals surface area contributed by atoms with Crippen molar-refractivity contribution in [2.24, 2.45) is 0 Å². The van der Waals surface area contributed by atoms with Crippen LogP contribution < -0.4 is 10.9 Å². The average Bonchev–Trinajstić information content (AvgIpc) is 2.87. The lowest BCUT2D eigenvalue weighted by atomic mass is 9.91. The van der Waals surface area contributed by atoms with Gasteiger partial charge in [-0.3, -0.25) is 4.79 Å². The van der Waals surface area contributed by atoms with Crippen molar-refractivity contribution in [1.29, 1.82) is 0 Å². The van der Waals surface area contributed by atoms with Gasteiger partial charge >= 0.3 is 0 Å². The molecule has 0 amide bonds. The Hall–Kier alpha value is -1.46. The molecule has 0 spiro atoms. The van der Waals surface area contributed by atoms with Crippen molar-refractivity contribution in [3.8, 4) is 0 Å². The van der Waals surface area contributed by atoms with Crippen molar-refractivity contribution in [1.82, 2.24) is 14.9 Å². The first-order chi connectivity index (χ1) is 10.5. The minimum atomic E-state index is 0.0830. The van der Waals surface area contributed by atoms with E-state index < -0.39 is 0 Å². The van der Waals surface area contributed by atoms with E-state index in [9.17, 15) is 4.79 Å². The van der Waals surface area contributed by atoms with Crippen LogP contribution in [-0.4, -0.2) is 21.6 Å². The van der Waals surface area contributed by atoms with Crippen LogP contribution in [0.1, 0.15) is 42.2 Å². The van der Waals surface area contributed by atoms with Gasteiger partial charge in [0.2, 0.25) is 0 Å². The van der Waals surface area contributed by atoms with Crippen LogP contribution in [0.2, 0.25) is 0 Å². The highest BCUT2D eigenvalue weighted by atomic mass is 32.1. The Kier molecular flexibility index (Phi) is 4.45. The third-order valence-corrected chi connectivity index (χ3v) is 4.96. The van der Waals surface area contributed by atoms with Gasteiger partial charge in [0, 0.05) is 29.2 Å². The third kappa shape index (κ3) is 3.31. The Morgan fingerprint density at radius 2 is 2.27 bits per heavy atom. The molecule has 2 heterocycles. The second-order valence-electron chi connectivity index (χ2n) is 6.35. The van der Waals surface area contributed by atoms with Crippen molar-refractivity contribution in [3.63, 3.8) is 0 Å². The van der Waals surface area contributed by atoms with Crippen LogP contribution in [0.25, 0.3) is 0 Å². The van der Waals surface area contributed by atoms with Crippen LogP contribution in [0.3, 0.4) is 0 Å². The number of fused-ring (bicyclic) bond motifs is 1. The van der Waals surface area contributed by atoms with Gasteiger partial charge in [0.25, 0.3) is 5.56 Å². The first kappa shape index (κ1) is 15.4. The Balaban J connectivity index is 1.88. The molecule has 0 fully saturated rings.